The van der Waals surface area contributed by atoms with Crippen LogP contribution < -0.4 is 4.90 Å². The summed E-state index contributed by atoms with van der Waals surface area (Å²) in [5, 5.41) is 0. The second-order valence-corrected chi connectivity index (χ2v) is 8.74. The highest BCUT2D eigenvalue weighted by molar-refractivity contribution is 7.89. The molecular weight excluding hydrogens is 324 g/mol. The molecule has 1 amide bonds. The lowest BCUT2D eigenvalue weighted by molar-refractivity contribution is -0.122. The second-order valence-electron chi connectivity index (χ2n) is 6.80. The number of hydrogen-bond acceptors (Lipinski definition) is 3. The Labute approximate surface area is 144 Å². The van der Waals surface area contributed by atoms with Crippen molar-refractivity contribution in [2.24, 2.45) is 5.92 Å². The Morgan fingerprint density at radius 2 is 1.88 bits per heavy atom. The number of carbonyl (C=O) groups excluding carboxylic acids is 1. The lowest BCUT2D eigenvalue weighted by Gasteiger charge is -2.32. The smallest absolute Gasteiger partial charge is 0.243 e. The van der Waals surface area contributed by atoms with Gasteiger partial charge in [0.25, 0.3) is 0 Å². The molecule has 132 valence electrons. The molecule has 6 heteroatoms. The summed E-state index contributed by atoms with van der Waals surface area (Å²) in [5.74, 6) is 0.123. The fourth-order valence-corrected chi connectivity index (χ4v) is 5.05. The summed E-state index contributed by atoms with van der Waals surface area (Å²) in [6.45, 7) is 5.90. The fourth-order valence-electron chi connectivity index (χ4n) is 3.48. The summed E-state index contributed by atoms with van der Waals surface area (Å²) in [6.07, 6.45) is 4.38. The normalized spacial score (nSPS) is 20.0. The van der Waals surface area contributed by atoms with E-state index >= 15 is 0 Å². The predicted octanol–water partition coefficient (Wildman–Crippen LogP) is 2.80. The van der Waals surface area contributed by atoms with E-state index in [0.29, 0.717) is 24.5 Å². The van der Waals surface area contributed by atoms with E-state index in [0.717, 1.165) is 43.4 Å². The monoisotopic (exact) mass is 350 g/mol. The van der Waals surface area contributed by atoms with Gasteiger partial charge < -0.3 is 4.90 Å². The summed E-state index contributed by atoms with van der Waals surface area (Å²) in [7, 11) is -3.40. The molecular formula is C18H26N2O3S. The predicted molar refractivity (Wildman–Crippen MR) is 94.6 cm³/mol. The maximum Gasteiger partial charge on any atom is 0.243 e. The van der Waals surface area contributed by atoms with Crippen LogP contribution in [0.25, 0.3) is 0 Å². The zero-order valence-electron chi connectivity index (χ0n) is 14.5. The van der Waals surface area contributed by atoms with Crippen molar-refractivity contribution in [1.82, 2.24) is 4.31 Å². The number of anilines is 1. The van der Waals surface area contributed by atoms with Crippen molar-refractivity contribution < 1.29 is 13.2 Å². The minimum atomic E-state index is -3.40. The molecule has 0 spiro atoms. The highest BCUT2D eigenvalue weighted by Crippen LogP contribution is 2.32. The molecule has 2 aliphatic heterocycles. The van der Waals surface area contributed by atoms with Crippen LogP contribution in [0.15, 0.2) is 23.1 Å². The number of amides is 1. The highest BCUT2D eigenvalue weighted by Gasteiger charge is 2.30. The second kappa shape index (κ2) is 6.84. The van der Waals surface area contributed by atoms with Gasteiger partial charge in [0.15, 0.2) is 0 Å². The molecule has 24 heavy (non-hydrogen) atoms. The molecule has 1 aromatic rings. The zero-order valence-corrected chi connectivity index (χ0v) is 15.3. The number of hydrogen-bond donors (Lipinski definition) is 0. The first kappa shape index (κ1) is 17.4. The van der Waals surface area contributed by atoms with Crippen LogP contribution in [-0.2, 0) is 21.2 Å². The van der Waals surface area contributed by atoms with E-state index in [9.17, 15) is 13.2 Å². The maximum absolute atomic E-state index is 12.7. The van der Waals surface area contributed by atoms with Gasteiger partial charge in [-0.3, -0.25) is 4.79 Å². The van der Waals surface area contributed by atoms with Crippen molar-refractivity contribution in [2.75, 3.05) is 24.5 Å². The van der Waals surface area contributed by atoms with Gasteiger partial charge >= 0.3 is 0 Å². The molecule has 3 rings (SSSR count). The molecule has 0 N–H and O–H groups in total. The molecule has 1 atom stereocenters. The van der Waals surface area contributed by atoms with Gasteiger partial charge in [-0.1, -0.05) is 13.8 Å². The van der Waals surface area contributed by atoms with Crippen LogP contribution in [-0.4, -0.2) is 38.3 Å². The Morgan fingerprint density at radius 3 is 2.54 bits per heavy atom. The molecule has 0 aromatic heterocycles. The third kappa shape index (κ3) is 3.09. The molecule has 0 unspecified atom stereocenters. The van der Waals surface area contributed by atoms with Crippen LogP contribution in [0.4, 0.5) is 5.69 Å². The van der Waals surface area contributed by atoms with Crippen molar-refractivity contribution in [3.05, 3.63) is 23.8 Å². The van der Waals surface area contributed by atoms with Crippen LogP contribution in [0.5, 0.6) is 0 Å². The van der Waals surface area contributed by atoms with E-state index in [1.807, 2.05) is 24.8 Å². The summed E-state index contributed by atoms with van der Waals surface area (Å²) < 4.78 is 27.0. The topological polar surface area (TPSA) is 57.7 Å². The quantitative estimate of drug-likeness (QED) is 0.839. The average molecular weight is 350 g/mol. The molecule has 1 saturated heterocycles. The standard InChI is InChI=1S/C18H26N2O3S/c1-3-14(2)18(21)20-12-6-7-15-13-16(8-9-17(15)20)24(22,23)19-10-4-5-11-19/h8-9,13-14H,3-7,10-12H2,1-2H3/t14-/m1/s1. The first-order chi connectivity index (χ1) is 11.4. The minimum Gasteiger partial charge on any atom is -0.312 e. The van der Waals surface area contributed by atoms with Gasteiger partial charge in [-0.25, -0.2) is 8.42 Å². The van der Waals surface area contributed by atoms with E-state index < -0.39 is 10.0 Å². The van der Waals surface area contributed by atoms with Crippen LogP contribution in [0, 0.1) is 5.92 Å². The van der Waals surface area contributed by atoms with Gasteiger partial charge in [0.05, 0.1) is 4.90 Å². The van der Waals surface area contributed by atoms with Crippen molar-refractivity contribution in [3.8, 4) is 0 Å². The van der Waals surface area contributed by atoms with E-state index in [4.69, 9.17) is 0 Å². The van der Waals surface area contributed by atoms with Crippen molar-refractivity contribution >= 4 is 21.6 Å². The molecule has 0 saturated carbocycles. The number of fused-ring (bicyclic) bond motifs is 1. The molecule has 5 nitrogen and oxygen atoms in total. The lowest BCUT2D eigenvalue weighted by atomic mass is 9.99. The Balaban J connectivity index is 1.92. The molecule has 0 aliphatic carbocycles. The molecule has 1 fully saturated rings. The summed E-state index contributed by atoms with van der Waals surface area (Å²) in [4.78, 5) is 14.8. The Kier molecular flexibility index (Phi) is 4.97. The van der Waals surface area contributed by atoms with Gasteiger partial charge in [-0.15, -0.1) is 0 Å². The highest BCUT2D eigenvalue weighted by atomic mass is 32.2. The van der Waals surface area contributed by atoms with Gasteiger partial charge in [0, 0.05) is 31.2 Å². The van der Waals surface area contributed by atoms with E-state index in [1.165, 1.54) is 0 Å². The maximum atomic E-state index is 12.7. The van der Waals surface area contributed by atoms with Crippen LogP contribution in [0.2, 0.25) is 0 Å². The van der Waals surface area contributed by atoms with Gasteiger partial charge in [0.1, 0.15) is 0 Å². The number of aryl methyl sites for hydroxylation is 1. The Bertz CT molecular complexity index is 724. The van der Waals surface area contributed by atoms with Crippen molar-refractivity contribution in [2.45, 2.75) is 50.8 Å². The Morgan fingerprint density at radius 1 is 1.17 bits per heavy atom. The van der Waals surface area contributed by atoms with Crippen LogP contribution >= 0.6 is 0 Å². The molecule has 1 aromatic carbocycles. The van der Waals surface area contributed by atoms with Gasteiger partial charge in [0.2, 0.25) is 15.9 Å². The number of rotatable bonds is 4. The first-order valence-electron chi connectivity index (χ1n) is 8.89. The third-order valence-corrected chi connectivity index (χ3v) is 7.07. The molecule has 0 radical (unpaired) electrons. The van der Waals surface area contributed by atoms with Crippen LogP contribution in [0.1, 0.15) is 45.1 Å². The molecule has 2 heterocycles. The number of carbonyl (C=O) groups is 1. The van der Waals surface area contributed by atoms with Gasteiger partial charge in [-0.05, 0) is 55.9 Å². The summed E-state index contributed by atoms with van der Waals surface area (Å²) in [5.41, 5.74) is 1.85. The lowest BCUT2D eigenvalue weighted by Crippen LogP contribution is -2.39. The van der Waals surface area contributed by atoms with E-state index in [1.54, 1.807) is 16.4 Å². The largest absolute Gasteiger partial charge is 0.312 e. The average Bonchev–Trinajstić information content (AvgIpc) is 3.14. The zero-order chi connectivity index (χ0) is 17.3. The van der Waals surface area contributed by atoms with Crippen molar-refractivity contribution in [3.63, 3.8) is 0 Å². The third-order valence-electron chi connectivity index (χ3n) is 5.17. The molecule has 2 aliphatic rings. The van der Waals surface area contributed by atoms with E-state index in [2.05, 4.69) is 0 Å². The van der Waals surface area contributed by atoms with Crippen LogP contribution in [0.3, 0.4) is 0 Å². The van der Waals surface area contributed by atoms with Gasteiger partial charge in [-0.2, -0.15) is 4.31 Å². The molecule has 0 bridgehead atoms. The SMILES string of the molecule is CC[C@@H](C)C(=O)N1CCCc2cc(S(=O)(=O)N3CCCC3)ccc21. The van der Waals surface area contributed by atoms with Crippen molar-refractivity contribution in [1.29, 1.82) is 0 Å². The number of benzene rings is 1. The fraction of sp³-hybridized carbons (Fsp3) is 0.611. The summed E-state index contributed by atoms with van der Waals surface area (Å²) >= 11 is 0. The number of nitrogens with zero attached hydrogens (tertiary/aromatic N) is 2. The minimum absolute atomic E-state index is 0.0102. The summed E-state index contributed by atoms with van der Waals surface area (Å²) in [6, 6.07) is 5.26. The number of sulfonamides is 1. The Hall–Kier alpha value is -1.40. The first-order valence-corrected chi connectivity index (χ1v) is 10.3. The van der Waals surface area contributed by atoms with E-state index in [-0.39, 0.29) is 11.8 Å².